The molecular formula is C9H24N4O4. The fraction of sp³-hybridized carbons (Fsp3) is 1.00. The Hall–Kier alpha value is -0.320. The molecule has 4 unspecified atom stereocenters. The summed E-state index contributed by atoms with van der Waals surface area (Å²) in [7, 11) is 5.55. The molecule has 0 spiro atoms. The number of hydrogen-bond donors (Lipinski definition) is 4. The highest BCUT2D eigenvalue weighted by atomic mass is 16.6. The van der Waals surface area contributed by atoms with E-state index in [-0.39, 0.29) is 46.2 Å². The second-order valence-electron chi connectivity index (χ2n) is 4.60. The molecule has 104 valence electrons. The standard InChI is InChI=1S/C9H24N4O4/c1-10(14)7-5-9(12(3)16,13(4)17)6-8-11(2)15/h10-13H,5-8H2,1-4H3. The van der Waals surface area contributed by atoms with Crippen LogP contribution in [0.15, 0.2) is 0 Å². The molecule has 0 aliphatic rings. The number of hydrogen-bond acceptors (Lipinski definition) is 4. The molecule has 0 aliphatic heterocycles. The van der Waals surface area contributed by atoms with Gasteiger partial charge in [0.25, 0.3) is 0 Å². The van der Waals surface area contributed by atoms with Crippen molar-refractivity contribution in [2.75, 3.05) is 41.3 Å². The van der Waals surface area contributed by atoms with E-state index in [4.69, 9.17) is 0 Å². The molecule has 0 saturated carbocycles. The van der Waals surface area contributed by atoms with E-state index in [0.717, 1.165) is 0 Å². The zero-order valence-electron chi connectivity index (χ0n) is 11.0. The second-order valence-corrected chi connectivity index (χ2v) is 4.60. The summed E-state index contributed by atoms with van der Waals surface area (Å²) in [4.78, 5) is 0. The predicted octanol–water partition coefficient (Wildman–Crippen LogP) is -5.49. The van der Waals surface area contributed by atoms with Gasteiger partial charge in [-0.3, -0.25) is 0 Å². The van der Waals surface area contributed by atoms with Gasteiger partial charge in [0.15, 0.2) is 0 Å². The van der Waals surface area contributed by atoms with Gasteiger partial charge in [-0.05, 0) is 0 Å². The second kappa shape index (κ2) is 7.19. The van der Waals surface area contributed by atoms with Crippen LogP contribution in [0.25, 0.3) is 0 Å². The van der Waals surface area contributed by atoms with Gasteiger partial charge < -0.3 is 41.1 Å². The molecule has 0 aromatic heterocycles. The van der Waals surface area contributed by atoms with Gasteiger partial charge in [-0.25, -0.2) is 0 Å². The van der Waals surface area contributed by atoms with E-state index in [1.54, 1.807) is 0 Å². The predicted molar refractivity (Wildman–Crippen MR) is 62.7 cm³/mol. The molecule has 0 bridgehead atoms. The minimum atomic E-state index is -1.16. The van der Waals surface area contributed by atoms with Gasteiger partial charge in [0.05, 0.1) is 41.3 Å². The topological polar surface area (TPSA) is 110 Å². The van der Waals surface area contributed by atoms with Gasteiger partial charge in [-0.1, -0.05) is 0 Å². The summed E-state index contributed by atoms with van der Waals surface area (Å²) in [5, 5.41) is 44.7. The molecule has 0 fully saturated rings. The van der Waals surface area contributed by atoms with Gasteiger partial charge in [0.2, 0.25) is 5.66 Å². The molecule has 0 rings (SSSR count). The summed E-state index contributed by atoms with van der Waals surface area (Å²) in [6.07, 6.45) is 0.417. The lowest BCUT2D eigenvalue weighted by molar-refractivity contribution is -1.11. The van der Waals surface area contributed by atoms with Gasteiger partial charge in [0.1, 0.15) is 12.8 Å². The first-order valence-electron chi connectivity index (χ1n) is 5.73. The smallest absolute Gasteiger partial charge is 0.232 e. The van der Waals surface area contributed by atoms with E-state index >= 15 is 0 Å². The molecule has 0 aromatic rings. The van der Waals surface area contributed by atoms with E-state index < -0.39 is 5.66 Å². The molecule has 0 amide bonds. The molecule has 17 heavy (non-hydrogen) atoms. The Bertz CT molecular complexity index is 189. The normalized spacial score (nSPS) is 22.6. The molecular weight excluding hydrogens is 228 g/mol. The molecule has 0 saturated heterocycles. The number of rotatable bonds is 8. The van der Waals surface area contributed by atoms with Gasteiger partial charge in [-0.15, -0.1) is 0 Å². The van der Waals surface area contributed by atoms with Crippen molar-refractivity contribution >= 4 is 0 Å². The fourth-order valence-electron chi connectivity index (χ4n) is 1.86. The molecule has 0 heterocycles. The number of quaternary nitrogens is 4. The Labute approximate surface area is 102 Å². The van der Waals surface area contributed by atoms with Crippen LogP contribution in [0.4, 0.5) is 0 Å². The van der Waals surface area contributed by atoms with Crippen LogP contribution in [0.2, 0.25) is 0 Å². The average molecular weight is 252 g/mol. The Morgan fingerprint density at radius 3 is 1.18 bits per heavy atom. The number of hydroxylamine groups is 8. The van der Waals surface area contributed by atoms with Crippen LogP contribution in [0.5, 0.6) is 0 Å². The fourth-order valence-corrected chi connectivity index (χ4v) is 1.86. The number of nitrogens with one attached hydrogen (secondary N) is 4. The van der Waals surface area contributed by atoms with Crippen molar-refractivity contribution < 1.29 is 20.3 Å². The first-order chi connectivity index (χ1) is 7.72. The van der Waals surface area contributed by atoms with Crippen molar-refractivity contribution in [3.05, 3.63) is 20.8 Å². The maximum atomic E-state index is 11.7. The monoisotopic (exact) mass is 252 g/mol. The zero-order valence-corrected chi connectivity index (χ0v) is 11.0. The summed E-state index contributed by atoms with van der Waals surface area (Å²) >= 11 is 0. The highest BCUT2D eigenvalue weighted by Gasteiger charge is 2.41. The van der Waals surface area contributed by atoms with Crippen LogP contribution < -0.4 is 20.3 Å². The van der Waals surface area contributed by atoms with Crippen LogP contribution in [0, 0.1) is 20.8 Å². The summed E-state index contributed by atoms with van der Waals surface area (Å²) in [5.74, 6) is 0. The van der Waals surface area contributed by atoms with E-state index in [2.05, 4.69) is 0 Å². The lowest BCUT2D eigenvalue weighted by atomic mass is 10.0. The van der Waals surface area contributed by atoms with Crippen molar-refractivity contribution in [1.29, 1.82) is 0 Å². The molecule has 0 radical (unpaired) electrons. The minimum Gasteiger partial charge on any atom is -0.634 e. The third-order valence-corrected chi connectivity index (χ3v) is 3.16. The summed E-state index contributed by atoms with van der Waals surface area (Å²) in [6.45, 7) is 0.383. The van der Waals surface area contributed by atoms with Gasteiger partial charge in [-0.2, -0.15) is 0 Å². The third-order valence-electron chi connectivity index (χ3n) is 3.16. The van der Waals surface area contributed by atoms with Crippen LogP contribution in [-0.2, 0) is 0 Å². The molecule has 4 N–H and O–H groups in total. The van der Waals surface area contributed by atoms with Crippen molar-refractivity contribution in [2.45, 2.75) is 18.5 Å². The summed E-state index contributed by atoms with van der Waals surface area (Å²) in [6, 6.07) is 0. The van der Waals surface area contributed by atoms with Gasteiger partial charge in [0, 0.05) is 0 Å². The van der Waals surface area contributed by atoms with E-state index in [1.807, 2.05) is 0 Å². The Morgan fingerprint density at radius 2 is 1.00 bits per heavy atom. The first-order valence-corrected chi connectivity index (χ1v) is 5.73. The van der Waals surface area contributed by atoms with E-state index in [9.17, 15) is 20.8 Å². The quantitative estimate of drug-likeness (QED) is 0.255. The molecule has 8 nitrogen and oxygen atoms in total. The Morgan fingerprint density at radius 1 is 0.706 bits per heavy atom. The highest BCUT2D eigenvalue weighted by molar-refractivity contribution is 4.65. The Balaban J connectivity index is 4.74. The maximum absolute atomic E-state index is 11.7. The average Bonchev–Trinajstić information content (AvgIpc) is 2.16. The maximum Gasteiger partial charge on any atom is 0.232 e. The molecule has 0 aromatic carbocycles. The summed E-state index contributed by atoms with van der Waals surface area (Å²) < 4.78 is 0. The van der Waals surface area contributed by atoms with Crippen molar-refractivity contribution in [2.24, 2.45) is 0 Å². The SMILES string of the molecule is C[NH+]([O-])CCC(CC[NH+](C)[O-])([NH+](C)[O-])[NH+](C)[O-]. The van der Waals surface area contributed by atoms with Crippen molar-refractivity contribution in [1.82, 2.24) is 0 Å². The zero-order chi connectivity index (χ0) is 13.6. The molecule has 8 heteroatoms. The molecule has 0 aliphatic carbocycles. The first kappa shape index (κ1) is 16.7. The minimum absolute atomic E-state index is 0.0558. The van der Waals surface area contributed by atoms with Crippen LogP contribution in [0.1, 0.15) is 12.8 Å². The van der Waals surface area contributed by atoms with Crippen LogP contribution >= 0.6 is 0 Å². The third kappa shape index (κ3) is 5.23. The molecule has 4 atom stereocenters. The van der Waals surface area contributed by atoms with Gasteiger partial charge >= 0.3 is 0 Å². The lowest BCUT2D eigenvalue weighted by Gasteiger charge is -2.46. The Kier molecular flexibility index (Phi) is 7.05. The largest absolute Gasteiger partial charge is 0.634 e. The van der Waals surface area contributed by atoms with Crippen LogP contribution in [0.3, 0.4) is 0 Å². The summed E-state index contributed by atoms with van der Waals surface area (Å²) in [5.41, 5.74) is -1.16. The van der Waals surface area contributed by atoms with Crippen molar-refractivity contribution in [3.8, 4) is 0 Å². The van der Waals surface area contributed by atoms with Crippen LogP contribution in [-0.4, -0.2) is 46.9 Å². The van der Waals surface area contributed by atoms with E-state index in [0.29, 0.717) is 0 Å². The van der Waals surface area contributed by atoms with E-state index in [1.165, 1.54) is 28.2 Å². The highest BCUT2D eigenvalue weighted by Crippen LogP contribution is 2.00. The lowest BCUT2D eigenvalue weighted by Crippen LogP contribution is -3.36. The van der Waals surface area contributed by atoms with Crippen molar-refractivity contribution in [3.63, 3.8) is 0 Å².